The molecule has 4 aliphatic rings. The van der Waals surface area contributed by atoms with Crippen LogP contribution in [0.3, 0.4) is 0 Å². The monoisotopic (exact) mass is 414 g/mol. The van der Waals surface area contributed by atoms with Crippen LogP contribution >= 0.6 is 0 Å². The van der Waals surface area contributed by atoms with Gasteiger partial charge in [-0.2, -0.15) is 0 Å². The summed E-state index contributed by atoms with van der Waals surface area (Å²) in [5.74, 6) is 1.31. The predicted octanol–water partition coefficient (Wildman–Crippen LogP) is 1.74. The molecular formula is C21H26N4O5. The Morgan fingerprint density at radius 1 is 1.17 bits per heavy atom. The van der Waals surface area contributed by atoms with E-state index in [1.807, 2.05) is 6.92 Å². The van der Waals surface area contributed by atoms with Crippen LogP contribution in [-0.2, 0) is 9.59 Å². The third-order valence-electron chi connectivity index (χ3n) is 6.63. The van der Waals surface area contributed by atoms with Crippen molar-refractivity contribution in [3.63, 3.8) is 0 Å². The van der Waals surface area contributed by atoms with Crippen LogP contribution in [0, 0.1) is 11.8 Å². The molecule has 0 unspecified atom stereocenters. The molecule has 3 heterocycles. The van der Waals surface area contributed by atoms with Crippen LogP contribution in [0.2, 0.25) is 0 Å². The number of imide groups is 1. The van der Waals surface area contributed by atoms with Crippen molar-refractivity contribution in [3.8, 4) is 11.5 Å². The van der Waals surface area contributed by atoms with Gasteiger partial charge in [-0.1, -0.05) is 0 Å². The van der Waals surface area contributed by atoms with E-state index in [0.29, 0.717) is 43.1 Å². The van der Waals surface area contributed by atoms with Crippen LogP contribution in [0.4, 0.5) is 10.5 Å². The fourth-order valence-corrected chi connectivity index (χ4v) is 4.54. The zero-order valence-corrected chi connectivity index (χ0v) is 17.0. The molecule has 0 radical (unpaired) electrons. The molecule has 1 atom stereocenters. The van der Waals surface area contributed by atoms with Gasteiger partial charge < -0.3 is 20.1 Å². The summed E-state index contributed by atoms with van der Waals surface area (Å²) in [5, 5.41) is 5.83. The molecule has 0 aromatic heterocycles. The maximum Gasteiger partial charge on any atom is 0.326 e. The summed E-state index contributed by atoms with van der Waals surface area (Å²) in [6.45, 7) is 3.64. The number of benzene rings is 1. The standard InChI is InChI=1S/C21H26N4O5/c1-21(14-2-3-14)19(27)25(20(28)23-21)11-24-8-6-13(7-9-24)18(26)22-15-4-5-16-17(10-15)30-12-29-16/h4-5,10,13-14H,2-3,6-9,11-12H2,1H3,(H,22,26)(H,23,28)/t21-/m0/s1. The van der Waals surface area contributed by atoms with Crippen LogP contribution in [0.1, 0.15) is 32.6 Å². The first kappa shape index (κ1) is 19.2. The van der Waals surface area contributed by atoms with Gasteiger partial charge in [0.15, 0.2) is 11.5 Å². The van der Waals surface area contributed by atoms with Gasteiger partial charge in [-0.15, -0.1) is 0 Å². The van der Waals surface area contributed by atoms with Gasteiger partial charge >= 0.3 is 6.03 Å². The number of hydrogen-bond acceptors (Lipinski definition) is 6. The minimum Gasteiger partial charge on any atom is -0.454 e. The Kier molecular flexibility index (Phi) is 4.57. The lowest BCUT2D eigenvalue weighted by atomic mass is 9.95. The first-order chi connectivity index (χ1) is 14.4. The Balaban J connectivity index is 1.13. The van der Waals surface area contributed by atoms with Crippen LogP contribution in [0.25, 0.3) is 0 Å². The van der Waals surface area contributed by atoms with E-state index < -0.39 is 5.54 Å². The molecule has 1 aliphatic carbocycles. The molecule has 0 spiro atoms. The summed E-state index contributed by atoms with van der Waals surface area (Å²) in [4.78, 5) is 41.2. The summed E-state index contributed by atoms with van der Waals surface area (Å²) in [7, 11) is 0. The molecule has 1 aromatic rings. The molecule has 3 aliphatic heterocycles. The molecule has 30 heavy (non-hydrogen) atoms. The molecule has 160 valence electrons. The summed E-state index contributed by atoms with van der Waals surface area (Å²) in [6, 6.07) is 5.05. The van der Waals surface area contributed by atoms with Crippen molar-refractivity contribution in [2.24, 2.45) is 11.8 Å². The number of amides is 4. The molecule has 2 N–H and O–H groups in total. The number of likely N-dealkylation sites (tertiary alicyclic amines) is 1. The van der Waals surface area contributed by atoms with E-state index in [1.165, 1.54) is 4.90 Å². The van der Waals surface area contributed by atoms with Gasteiger partial charge in [0.05, 0.1) is 6.67 Å². The topological polar surface area (TPSA) is 100 Å². The second-order valence-corrected chi connectivity index (χ2v) is 8.73. The van der Waals surface area contributed by atoms with Crippen molar-refractivity contribution in [1.82, 2.24) is 15.1 Å². The molecule has 5 rings (SSSR count). The zero-order valence-electron chi connectivity index (χ0n) is 17.0. The maximum atomic E-state index is 12.8. The number of anilines is 1. The third kappa shape index (κ3) is 3.36. The van der Waals surface area contributed by atoms with E-state index in [1.54, 1.807) is 18.2 Å². The fourth-order valence-electron chi connectivity index (χ4n) is 4.54. The average molecular weight is 414 g/mol. The van der Waals surface area contributed by atoms with Crippen molar-refractivity contribution >= 4 is 23.5 Å². The van der Waals surface area contributed by atoms with Crippen molar-refractivity contribution in [2.45, 2.75) is 38.1 Å². The highest BCUT2D eigenvalue weighted by atomic mass is 16.7. The molecule has 4 amide bonds. The second-order valence-electron chi connectivity index (χ2n) is 8.73. The number of rotatable bonds is 5. The van der Waals surface area contributed by atoms with Gasteiger partial charge in [0.1, 0.15) is 5.54 Å². The van der Waals surface area contributed by atoms with Gasteiger partial charge in [0.2, 0.25) is 12.7 Å². The van der Waals surface area contributed by atoms with Crippen LogP contribution in [0.5, 0.6) is 11.5 Å². The molecule has 1 saturated carbocycles. The molecule has 9 nitrogen and oxygen atoms in total. The van der Waals surface area contributed by atoms with E-state index in [0.717, 1.165) is 12.8 Å². The second kappa shape index (κ2) is 7.16. The molecule has 0 bridgehead atoms. The minimum atomic E-state index is -0.750. The predicted molar refractivity (Wildman–Crippen MR) is 107 cm³/mol. The Bertz CT molecular complexity index is 893. The van der Waals surface area contributed by atoms with Gasteiger partial charge in [-0.3, -0.25) is 14.5 Å². The quantitative estimate of drug-likeness (QED) is 0.712. The summed E-state index contributed by atoms with van der Waals surface area (Å²) in [6.07, 6.45) is 3.33. The number of urea groups is 1. The number of nitrogens with zero attached hydrogens (tertiary/aromatic N) is 2. The molecule has 2 saturated heterocycles. The number of carbonyl (C=O) groups excluding carboxylic acids is 3. The molecule has 3 fully saturated rings. The van der Waals surface area contributed by atoms with E-state index in [2.05, 4.69) is 15.5 Å². The zero-order chi connectivity index (χ0) is 20.9. The Morgan fingerprint density at radius 2 is 1.90 bits per heavy atom. The molecule has 1 aromatic carbocycles. The van der Waals surface area contributed by atoms with Gasteiger partial charge in [-0.25, -0.2) is 9.69 Å². The van der Waals surface area contributed by atoms with Crippen LogP contribution in [-0.4, -0.2) is 59.7 Å². The normalized spacial score (nSPS) is 26.8. The van der Waals surface area contributed by atoms with Gasteiger partial charge in [-0.05, 0) is 50.7 Å². The highest BCUT2D eigenvalue weighted by Crippen LogP contribution is 2.42. The van der Waals surface area contributed by atoms with Crippen molar-refractivity contribution < 1.29 is 23.9 Å². The van der Waals surface area contributed by atoms with Crippen molar-refractivity contribution in [1.29, 1.82) is 0 Å². The van der Waals surface area contributed by atoms with Gasteiger partial charge in [0.25, 0.3) is 5.91 Å². The summed E-state index contributed by atoms with van der Waals surface area (Å²) in [5.41, 5.74) is -0.0646. The number of carbonyl (C=O) groups is 3. The minimum absolute atomic E-state index is 0.0233. The first-order valence-corrected chi connectivity index (χ1v) is 10.5. The fraction of sp³-hybridized carbons (Fsp3) is 0.571. The lowest BCUT2D eigenvalue weighted by Crippen LogP contribution is -2.48. The van der Waals surface area contributed by atoms with Crippen LogP contribution in [0.15, 0.2) is 18.2 Å². The van der Waals surface area contributed by atoms with E-state index in [-0.39, 0.29) is 43.1 Å². The Hall–Kier alpha value is -2.81. The summed E-state index contributed by atoms with van der Waals surface area (Å²) >= 11 is 0. The molecular weight excluding hydrogens is 388 g/mol. The average Bonchev–Trinajstić information content (AvgIpc) is 3.46. The van der Waals surface area contributed by atoms with Crippen molar-refractivity contribution in [3.05, 3.63) is 18.2 Å². The largest absolute Gasteiger partial charge is 0.454 e. The van der Waals surface area contributed by atoms with Gasteiger partial charge in [0, 0.05) is 30.8 Å². The number of hydrogen-bond donors (Lipinski definition) is 2. The SMILES string of the molecule is C[C@@]1(C2CC2)NC(=O)N(CN2CCC(C(=O)Nc3ccc4c(c3)OCO4)CC2)C1=O. The van der Waals surface area contributed by atoms with Crippen LogP contribution < -0.4 is 20.1 Å². The number of nitrogens with one attached hydrogen (secondary N) is 2. The van der Waals surface area contributed by atoms with E-state index >= 15 is 0 Å². The number of ether oxygens (including phenoxy) is 2. The van der Waals surface area contributed by atoms with E-state index in [9.17, 15) is 14.4 Å². The van der Waals surface area contributed by atoms with Crippen molar-refractivity contribution in [2.75, 3.05) is 31.9 Å². The number of fused-ring (bicyclic) bond motifs is 1. The lowest BCUT2D eigenvalue weighted by Gasteiger charge is -2.33. The first-order valence-electron chi connectivity index (χ1n) is 10.5. The summed E-state index contributed by atoms with van der Waals surface area (Å²) < 4.78 is 10.6. The van der Waals surface area contributed by atoms with E-state index in [4.69, 9.17) is 9.47 Å². The molecule has 9 heteroatoms. The third-order valence-corrected chi connectivity index (χ3v) is 6.63. The maximum absolute atomic E-state index is 12.8. The Morgan fingerprint density at radius 3 is 2.63 bits per heavy atom. The highest BCUT2D eigenvalue weighted by Gasteiger charge is 2.56. The Labute approximate surface area is 174 Å². The number of piperidine rings is 1. The highest BCUT2D eigenvalue weighted by molar-refractivity contribution is 6.07. The lowest BCUT2D eigenvalue weighted by molar-refractivity contribution is -0.133. The smallest absolute Gasteiger partial charge is 0.326 e.